The zero-order chi connectivity index (χ0) is 12.7. The van der Waals surface area contributed by atoms with Crippen molar-refractivity contribution < 1.29 is 18.7 Å². The molecule has 0 bridgehead atoms. The number of hydrogen-bond donors (Lipinski definition) is 0. The van der Waals surface area contributed by atoms with E-state index in [1.165, 1.54) is 17.0 Å². The minimum absolute atomic E-state index is 0.0453. The first kappa shape index (κ1) is 13.6. The van der Waals surface area contributed by atoms with Crippen LogP contribution in [0.3, 0.4) is 0 Å². The lowest BCUT2D eigenvalue weighted by atomic mass is 10.3. The molecule has 0 aliphatic heterocycles. The maximum absolute atomic E-state index is 13.0. The SMILES string of the molecule is COCCOCC(=O)N(C)c1cccc(F)c1. The highest BCUT2D eigenvalue weighted by molar-refractivity contribution is 5.93. The van der Waals surface area contributed by atoms with Gasteiger partial charge in [0.15, 0.2) is 0 Å². The van der Waals surface area contributed by atoms with E-state index in [4.69, 9.17) is 9.47 Å². The Morgan fingerprint density at radius 3 is 2.82 bits per heavy atom. The van der Waals surface area contributed by atoms with E-state index in [2.05, 4.69) is 0 Å². The fraction of sp³-hybridized carbons (Fsp3) is 0.417. The zero-order valence-corrected chi connectivity index (χ0v) is 9.98. The highest BCUT2D eigenvalue weighted by atomic mass is 19.1. The molecule has 0 unspecified atom stereocenters. The summed E-state index contributed by atoms with van der Waals surface area (Å²) in [5, 5.41) is 0. The number of likely N-dealkylation sites (N-methyl/N-ethyl adjacent to an activating group) is 1. The molecule has 0 atom stereocenters. The third-order valence-corrected chi connectivity index (χ3v) is 2.23. The number of methoxy groups -OCH3 is 1. The second kappa shape index (κ2) is 6.98. The Bertz CT molecular complexity index is 371. The Balaban J connectivity index is 2.46. The number of hydrogen-bond acceptors (Lipinski definition) is 3. The molecule has 1 aromatic carbocycles. The summed E-state index contributed by atoms with van der Waals surface area (Å²) < 4.78 is 22.8. The quantitative estimate of drug-likeness (QED) is 0.708. The lowest BCUT2D eigenvalue weighted by Gasteiger charge is -2.17. The fourth-order valence-corrected chi connectivity index (χ4v) is 1.23. The largest absolute Gasteiger partial charge is 0.382 e. The minimum Gasteiger partial charge on any atom is -0.382 e. The second-order valence-electron chi connectivity index (χ2n) is 3.48. The van der Waals surface area contributed by atoms with Crippen LogP contribution in [-0.4, -0.2) is 39.9 Å². The Morgan fingerprint density at radius 1 is 1.41 bits per heavy atom. The molecule has 0 saturated heterocycles. The fourth-order valence-electron chi connectivity index (χ4n) is 1.23. The average Bonchev–Trinajstić information content (AvgIpc) is 2.33. The van der Waals surface area contributed by atoms with Crippen molar-refractivity contribution in [1.29, 1.82) is 0 Å². The number of carbonyl (C=O) groups excluding carboxylic acids is 1. The van der Waals surface area contributed by atoms with Gasteiger partial charge in [0.1, 0.15) is 12.4 Å². The van der Waals surface area contributed by atoms with Crippen LogP contribution in [-0.2, 0) is 14.3 Å². The maximum atomic E-state index is 13.0. The van der Waals surface area contributed by atoms with Gasteiger partial charge in [-0.25, -0.2) is 4.39 Å². The van der Waals surface area contributed by atoms with Crippen LogP contribution in [0.2, 0.25) is 0 Å². The van der Waals surface area contributed by atoms with E-state index in [1.54, 1.807) is 26.3 Å². The highest BCUT2D eigenvalue weighted by Gasteiger charge is 2.11. The number of nitrogens with zero attached hydrogens (tertiary/aromatic N) is 1. The summed E-state index contributed by atoms with van der Waals surface area (Å²) in [6, 6.07) is 5.85. The first-order valence-electron chi connectivity index (χ1n) is 5.24. The van der Waals surface area contributed by atoms with E-state index in [-0.39, 0.29) is 18.3 Å². The van der Waals surface area contributed by atoms with Gasteiger partial charge in [-0.3, -0.25) is 4.79 Å². The van der Waals surface area contributed by atoms with Crippen molar-refractivity contribution in [2.75, 3.05) is 38.9 Å². The van der Waals surface area contributed by atoms with Gasteiger partial charge in [0.2, 0.25) is 0 Å². The van der Waals surface area contributed by atoms with Crippen LogP contribution in [0.25, 0.3) is 0 Å². The van der Waals surface area contributed by atoms with Gasteiger partial charge in [-0.15, -0.1) is 0 Å². The van der Waals surface area contributed by atoms with Gasteiger partial charge < -0.3 is 14.4 Å². The Morgan fingerprint density at radius 2 is 2.18 bits per heavy atom. The van der Waals surface area contributed by atoms with Crippen molar-refractivity contribution in [2.24, 2.45) is 0 Å². The molecule has 0 saturated carbocycles. The van der Waals surface area contributed by atoms with Crippen LogP contribution >= 0.6 is 0 Å². The molecule has 4 nitrogen and oxygen atoms in total. The second-order valence-corrected chi connectivity index (χ2v) is 3.48. The van der Waals surface area contributed by atoms with Crippen molar-refractivity contribution in [3.8, 4) is 0 Å². The lowest BCUT2D eigenvalue weighted by molar-refractivity contribution is -0.123. The summed E-state index contributed by atoms with van der Waals surface area (Å²) in [6.45, 7) is 0.757. The van der Waals surface area contributed by atoms with E-state index >= 15 is 0 Å². The van der Waals surface area contributed by atoms with Gasteiger partial charge in [-0.05, 0) is 18.2 Å². The predicted molar refractivity (Wildman–Crippen MR) is 62.5 cm³/mol. The topological polar surface area (TPSA) is 38.8 Å². The molecule has 5 heteroatoms. The monoisotopic (exact) mass is 241 g/mol. The molecule has 0 heterocycles. The minimum atomic E-state index is -0.373. The average molecular weight is 241 g/mol. The molecule has 0 fully saturated rings. The highest BCUT2D eigenvalue weighted by Crippen LogP contribution is 2.13. The third-order valence-electron chi connectivity index (χ3n) is 2.23. The van der Waals surface area contributed by atoms with Crippen LogP contribution < -0.4 is 4.90 Å². The molecule has 17 heavy (non-hydrogen) atoms. The molecule has 1 rings (SSSR count). The first-order valence-corrected chi connectivity index (χ1v) is 5.24. The number of benzene rings is 1. The van der Waals surface area contributed by atoms with Gasteiger partial charge in [0, 0.05) is 19.8 Å². The normalized spacial score (nSPS) is 10.3. The number of ether oxygens (including phenoxy) is 2. The Kier molecular flexibility index (Phi) is 5.59. The summed E-state index contributed by atoms with van der Waals surface area (Å²) in [5.41, 5.74) is 0.505. The van der Waals surface area contributed by atoms with Gasteiger partial charge in [-0.2, -0.15) is 0 Å². The summed E-state index contributed by atoms with van der Waals surface area (Å²) in [6.07, 6.45) is 0. The van der Waals surface area contributed by atoms with E-state index < -0.39 is 0 Å². The summed E-state index contributed by atoms with van der Waals surface area (Å²) in [4.78, 5) is 13.0. The summed E-state index contributed by atoms with van der Waals surface area (Å²) in [7, 11) is 3.14. The maximum Gasteiger partial charge on any atom is 0.252 e. The Hall–Kier alpha value is -1.46. The van der Waals surface area contributed by atoms with Crippen LogP contribution in [0.1, 0.15) is 0 Å². The lowest BCUT2D eigenvalue weighted by Crippen LogP contribution is -2.30. The summed E-state index contributed by atoms with van der Waals surface area (Å²) >= 11 is 0. The van der Waals surface area contributed by atoms with E-state index in [0.717, 1.165) is 0 Å². The molecular formula is C12H16FNO3. The van der Waals surface area contributed by atoms with E-state index in [1.807, 2.05) is 0 Å². The molecule has 0 N–H and O–H groups in total. The van der Waals surface area contributed by atoms with Crippen molar-refractivity contribution in [1.82, 2.24) is 0 Å². The van der Waals surface area contributed by atoms with E-state index in [0.29, 0.717) is 18.9 Å². The molecule has 0 aliphatic rings. The zero-order valence-electron chi connectivity index (χ0n) is 9.98. The van der Waals surface area contributed by atoms with E-state index in [9.17, 15) is 9.18 Å². The number of amides is 1. The number of halogens is 1. The number of carbonyl (C=O) groups is 1. The molecule has 0 radical (unpaired) electrons. The van der Waals surface area contributed by atoms with Crippen LogP contribution in [0.15, 0.2) is 24.3 Å². The van der Waals surface area contributed by atoms with Crippen molar-refractivity contribution >= 4 is 11.6 Å². The Labute approximate surface area is 99.9 Å². The van der Waals surface area contributed by atoms with Crippen LogP contribution in [0.4, 0.5) is 10.1 Å². The third kappa shape index (κ3) is 4.50. The first-order chi connectivity index (χ1) is 8.15. The van der Waals surface area contributed by atoms with Gasteiger partial charge >= 0.3 is 0 Å². The molecule has 94 valence electrons. The van der Waals surface area contributed by atoms with Crippen molar-refractivity contribution in [3.63, 3.8) is 0 Å². The van der Waals surface area contributed by atoms with Crippen LogP contribution in [0, 0.1) is 5.82 Å². The number of anilines is 1. The molecule has 0 aliphatic carbocycles. The van der Waals surface area contributed by atoms with Crippen LogP contribution in [0.5, 0.6) is 0 Å². The molecule has 0 spiro atoms. The molecular weight excluding hydrogens is 225 g/mol. The van der Waals surface area contributed by atoms with Gasteiger partial charge in [0.05, 0.1) is 13.2 Å². The molecule has 1 aromatic rings. The summed E-state index contributed by atoms with van der Waals surface area (Å²) in [5.74, 6) is -0.603. The number of rotatable bonds is 6. The smallest absolute Gasteiger partial charge is 0.252 e. The molecule has 0 aromatic heterocycles. The van der Waals surface area contributed by atoms with Crippen molar-refractivity contribution in [3.05, 3.63) is 30.1 Å². The standard InChI is InChI=1S/C12H16FNO3/c1-14(11-5-3-4-10(13)8-11)12(15)9-17-7-6-16-2/h3-5,8H,6-7,9H2,1-2H3. The molecule has 1 amide bonds. The predicted octanol–water partition coefficient (Wildman–Crippen LogP) is 1.45. The van der Waals surface area contributed by atoms with Crippen molar-refractivity contribution in [2.45, 2.75) is 0 Å². The van der Waals surface area contributed by atoms with Gasteiger partial charge in [0.25, 0.3) is 5.91 Å². The van der Waals surface area contributed by atoms with Gasteiger partial charge in [-0.1, -0.05) is 6.07 Å².